The van der Waals surface area contributed by atoms with Crippen molar-refractivity contribution in [2.75, 3.05) is 20.2 Å². The summed E-state index contributed by atoms with van der Waals surface area (Å²) in [7, 11) is 1.64. The summed E-state index contributed by atoms with van der Waals surface area (Å²) in [5.74, 6) is 0.618. The number of aromatic amines is 1. The van der Waals surface area contributed by atoms with E-state index in [0.717, 1.165) is 35.1 Å². The van der Waals surface area contributed by atoms with Crippen molar-refractivity contribution in [2.45, 2.75) is 25.4 Å². The van der Waals surface area contributed by atoms with E-state index in [0.29, 0.717) is 18.8 Å². The molecule has 35 heavy (non-hydrogen) atoms. The number of nitrogens with one attached hydrogen (secondary N) is 1. The number of carbonyl (C=O) groups excluding carboxylic acids is 2. The van der Waals surface area contributed by atoms with Gasteiger partial charge >= 0.3 is 0 Å². The van der Waals surface area contributed by atoms with Crippen LogP contribution in [0.15, 0.2) is 84.9 Å². The molecule has 0 saturated carbocycles. The van der Waals surface area contributed by atoms with Gasteiger partial charge in [0.2, 0.25) is 5.91 Å². The van der Waals surface area contributed by atoms with Crippen molar-refractivity contribution < 1.29 is 14.3 Å². The third kappa shape index (κ3) is 5.06. The van der Waals surface area contributed by atoms with Crippen molar-refractivity contribution in [1.29, 1.82) is 0 Å². The summed E-state index contributed by atoms with van der Waals surface area (Å²) >= 11 is 0. The molecule has 3 aromatic carbocycles. The predicted octanol–water partition coefficient (Wildman–Crippen LogP) is 4.66. The number of benzene rings is 3. The fraction of sp³-hybridized carbons (Fsp3) is 0.241. The van der Waals surface area contributed by atoms with Gasteiger partial charge in [-0.25, -0.2) is 0 Å². The summed E-state index contributed by atoms with van der Waals surface area (Å²) in [6.45, 7) is 1.09. The number of carbonyl (C=O) groups is 2. The van der Waals surface area contributed by atoms with Crippen LogP contribution in [0.5, 0.6) is 5.75 Å². The Labute approximate surface area is 205 Å². The van der Waals surface area contributed by atoms with E-state index in [-0.39, 0.29) is 24.4 Å². The van der Waals surface area contributed by atoms with E-state index in [1.807, 2.05) is 77.7 Å². The van der Waals surface area contributed by atoms with Gasteiger partial charge in [-0.05, 0) is 48.2 Å². The number of hydrogen-bond donors (Lipinski definition) is 1. The monoisotopic (exact) mass is 467 g/mol. The number of hydrogen-bond acceptors (Lipinski definition) is 3. The number of fused-ring (bicyclic) bond motifs is 1. The second kappa shape index (κ2) is 10.1. The average molecular weight is 468 g/mol. The first kappa shape index (κ1) is 22.7. The normalized spacial score (nSPS) is 16.0. The maximum atomic E-state index is 13.4. The molecule has 1 saturated heterocycles. The van der Waals surface area contributed by atoms with Crippen molar-refractivity contribution in [1.82, 2.24) is 14.8 Å². The van der Waals surface area contributed by atoms with E-state index in [9.17, 15) is 9.59 Å². The number of piperazine rings is 1. The fourth-order valence-corrected chi connectivity index (χ4v) is 4.76. The van der Waals surface area contributed by atoms with Gasteiger partial charge in [0.25, 0.3) is 5.91 Å². The van der Waals surface area contributed by atoms with Gasteiger partial charge in [-0.3, -0.25) is 9.59 Å². The third-order valence-electron chi connectivity index (χ3n) is 6.69. The van der Waals surface area contributed by atoms with Crippen LogP contribution in [-0.4, -0.2) is 52.8 Å². The fourth-order valence-electron chi connectivity index (χ4n) is 4.76. The summed E-state index contributed by atoms with van der Waals surface area (Å²) in [5.41, 5.74) is 3.70. The number of rotatable bonds is 7. The van der Waals surface area contributed by atoms with E-state index in [2.05, 4.69) is 17.1 Å². The van der Waals surface area contributed by atoms with Gasteiger partial charge in [0.1, 0.15) is 18.0 Å². The minimum atomic E-state index is -0.136. The first-order valence-corrected chi connectivity index (χ1v) is 11.9. The van der Waals surface area contributed by atoms with Gasteiger partial charge in [-0.15, -0.1) is 0 Å². The summed E-state index contributed by atoms with van der Waals surface area (Å²) in [6, 6.07) is 27.7. The Balaban J connectivity index is 1.36. The Bertz CT molecular complexity index is 1280. The van der Waals surface area contributed by atoms with Crippen LogP contribution in [-0.2, 0) is 17.8 Å². The van der Waals surface area contributed by atoms with Crippen LogP contribution in [0, 0.1) is 0 Å². The molecule has 0 radical (unpaired) electrons. The third-order valence-corrected chi connectivity index (χ3v) is 6.69. The lowest BCUT2D eigenvalue weighted by Gasteiger charge is -2.41. The molecule has 6 heteroatoms. The number of methoxy groups -OCH3 is 1. The molecule has 4 aromatic rings. The highest BCUT2D eigenvalue weighted by atomic mass is 16.5. The molecule has 1 aliphatic rings. The van der Waals surface area contributed by atoms with Crippen molar-refractivity contribution in [3.05, 3.63) is 102 Å². The van der Waals surface area contributed by atoms with Crippen molar-refractivity contribution >= 4 is 22.7 Å². The van der Waals surface area contributed by atoms with Crippen LogP contribution in [0.1, 0.15) is 28.0 Å². The maximum absolute atomic E-state index is 13.4. The zero-order chi connectivity index (χ0) is 24.2. The topological polar surface area (TPSA) is 65.6 Å². The van der Waals surface area contributed by atoms with E-state index in [1.165, 1.54) is 5.56 Å². The van der Waals surface area contributed by atoms with Gasteiger partial charge in [0.15, 0.2) is 0 Å². The molecular formula is C29H29N3O3. The minimum absolute atomic E-state index is 0.0328. The standard InChI is InChI=1S/C29H29N3O3/c1-35-25-15-12-22(13-16-25)18-32-24(14-11-21-7-3-2-4-8-21)19-31(20-28(32)33)29(34)27-17-23-9-5-6-10-26(23)30-27/h2-10,12-13,15-17,24,30H,11,14,18-20H2,1H3. The van der Waals surface area contributed by atoms with Crippen LogP contribution in [0.4, 0.5) is 0 Å². The summed E-state index contributed by atoms with van der Waals surface area (Å²) < 4.78 is 5.27. The lowest BCUT2D eigenvalue weighted by Crippen LogP contribution is -2.57. The van der Waals surface area contributed by atoms with Crippen LogP contribution in [0.3, 0.4) is 0 Å². The van der Waals surface area contributed by atoms with Gasteiger partial charge in [0.05, 0.1) is 13.2 Å². The largest absolute Gasteiger partial charge is 0.497 e. The number of nitrogens with zero attached hydrogens (tertiary/aromatic N) is 2. The summed E-state index contributed by atoms with van der Waals surface area (Å²) in [6.07, 6.45) is 1.62. The molecule has 0 spiro atoms. The highest BCUT2D eigenvalue weighted by molar-refractivity contribution is 6.00. The number of amides is 2. The van der Waals surface area contributed by atoms with E-state index >= 15 is 0 Å². The molecule has 2 amide bonds. The number of H-pyrrole nitrogens is 1. The average Bonchev–Trinajstić information content (AvgIpc) is 3.34. The second-order valence-corrected chi connectivity index (χ2v) is 9.00. The van der Waals surface area contributed by atoms with E-state index < -0.39 is 0 Å². The Morgan fingerprint density at radius 2 is 1.71 bits per heavy atom. The molecule has 178 valence electrons. The van der Waals surface area contributed by atoms with Crippen LogP contribution in [0.25, 0.3) is 10.9 Å². The lowest BCUT2D eigenvalue weighted by molar-refractivity contribution is -0.139. The molecule has 2 heterocycles. The molecule has 5 rings (SSSR count). The predicted molar refractivity (Wildman–Crippen MR) is 136 cm³/mol. The Hall–Kier alpha value is -4.06. The molecule has 0 bridgehead atoms. The van der Waals surface area contributed by atoms with Crippen molar-refractivity contribution in [3.63, 3.8) is 0 Å². The molecule has 1 N–H and O–H groups in total. The smallest absolute Gasteiger partial charge is 0.270 e. The highest BCUT2D eigenvalue weighted by Gasteiger charge is 2.35. The first-order chi connectivity index (χ1) is 17.1. The van der Waals surface area contributed by atoms with Gasteiger partial charge < -0.3 is 19.5 Å². The van der Waals surface area contributed by atoms with Gasteiger partial charge in [-0.1, -0.05) is 60.7 Å². The zero-order valence-corrected chi connectivity index (χ0v) is 19.8. The number of ether oxygens (including phenoxy) is 1. The van der Waals surface area contributed by atoms with Crippen molar-refractivity contribution in [2.24, 2.45) is 0 Å². The Morgan fingerprint density at radius 1 is 0.971 bits per heavy atom. The molecule has 0 aliphatic carbocycles. The van der Waals surface area contributed by atoms with Crippen LogP contribution in [0.2, 0.25) is 0 Å². The Morgan fingerprint density at radius 3 is 2.46 bits per heavy atom. The van der Waals surface area contributed by atoms with Gasteiger partial charge in [-0.2, -0.15) is 0 Å². The lowest BCUT2D eigenvalue weighted by atomic mass is 10.0. The number of para-hydroxylation sites is 1. The van der Waals surface area contributed by atoms with E-state index in [1.54, 1.807) is 12.0 Å². The zero-order valence-electron chi connectivity index (χ0n) is 19.8. The summed E-state index contributed by atoms with van der Waals surface area (Å²) in [5, 5.41) is 0.987. The SMILES string of the molecule is COc1ccc(CN2C(=O)CN(C(=O)c3cc4ccccc4[nH]3)CC2CCc2ccccc2)cc1. The molecule has 1 unspecified atom stereocenters. The van der Waals surface area contributed by atoms with E-state index in [4.69, 9.17) is 4.74 Å². The molecule has 1 aliphatic heterocycles. The molecule has 1 aromatic heterocycles. The number of aryl methyl sites for hydroxylation is 1. The molecule has 1 atom stereocenters. The van der Waals surface area contributed by atoms with Crippen LogP contribution >= 0.6 is 0 Å². The number of aromatic nitrogens is 1. The molecular weight excluding hydrogens is 438 g/mol. The summed E-state index contributed by atoms with van der Waals surface area (Å²) in [4.78, 5) is 33.6. The van der Waals surface area contributed by atoms with Crippen LogP contribution < -0.4 is 4.74 Å². The van der Waals surface area contributed by atoms with Gasteiger partial charge in [0, 0.05) is 24.0 Å². The molecule has 6 nitrogen and oxygen atoms in total. The molecule has 1 fully saturated rings. The maximum Gasteiger partial charge on any atom is 0.270 e. The minimum Gasteiger partial charge on any atom is -0.497 e. The second-order valence-electron chi connectivity index (χ2n) is 9.00. The Kier molecular flexibility index (Phi) is 6.53. The first-order valence-electron chi connectivity index (χ1n) is 11.9. The quantitative estimate of drug-likeness (QED) is 0.430. The highest BCUT2D eigenvalue weighted by Crippen LogP contribution is 2.23. The van der Waals surface area contributed by atoms with Crippen molar-refractivity contribution in [3.8, 4) is 5.75 Å².